The number of benzene rings is 2. The average Bonchev–Trinajstić information content (AvgIpc) is 2.38. The molecule has 0 aliphatic carbocycles. The molecule has 0 amide bonds. The first kappa shape index (κ1) is 13.4. The van der Waals surface area contributed by atoms with E-state index < -0.39 is 0 Å². The molecular weight excluding hydrogens is 252 g/mol. The number of rotatable bonds is 3. The second-order valence-electron chi connectivity index (χ2n) is 4.44. The van der Waals surface area contributed by atoms with Crippen LogP contribution in [0.5, 0.6) is 0 Å². The molecule has 2 rings (SSSR count). The molecule has 2 aromatic carbocycles. The Balaban J connectivity index is 2.75. The quantitative estimate of drug-likeness (QED) is 0.280. The van der Waals surface area contributed by atoms with E-state index in [-0.39, 0.29) is 11.7 Å². The largest absolute Gasteiger partial charge is 0.399 e. The topological polar surface area (TPSA) is 152 Å². The molecule has 10 N–H and O–H groups in total. The second-order valence-corrected chi connectivity index (χ2v) is 4.44. The molecule has 0 aliphatic heterocycles. The van der Waals surface area contributed by atoms with Crippen molar-refractivity contribution in [3.8, 4) is 11.1 Å². The molecule has 6 heteroatoms. The number of anilines is 2. The average molecular weight is 268 g/mol. The summed E-state index contributed by atoms with van der Waals surface area (Å²) >= 11 is 0. The maximum Gasteiger partial charge on any atom is 0.123 e. The van der Waals surface area contributed by atoms with Crippen LogP contribution in [-0.2, 0) is 0 Å². The van der Waals surface area contributed by atoms with Crippen molar-refractivity contribution in [2.24, 2.45) is 11.5 Å². The van der Waals surface area contributed by atoms with Crippen LogP contribution >= 0.6 is 0 Å². The molecule has 102 valence electrons. The number of nitrogens with one attached hydrogen (secondary N) is 2. The van der Waals surface area contributed by atoms with Crippen LogP contribution in [0.2, 0.25) is 0 Å². The van der Waals surface area contributed by atoms with E-state index in [0.29, 0.717) is 33.6 Å². The Kier molecular flexibility index (Phi) is 3.30. The molecular formula is C14H16N6. The van der Waals surface area contributed by atoms with Crippen LogP contribution < -0.4 is 22.9 Å². The predicted octanol–water partition coefficient (Wildman–Crippen LogP) is 1.09. The Bertz CT molecular complexity index is 643. The van der Waals surface area contributed by atoms with Crippen LogP contribution in [0.15, 0.2) is 36.4 Å². The van der Waals surface area contributed by atoms with Crippen LogP contribution in [0.4, 0.5) is 11.4 Å². The zero-order valence-corrected chi connectivity index (χ0v) is 10.8. The van der Waals surface area contributed by atoms with Gasteiger partial charge in [-0.15, -0.1) is 0 Å². The third kappa shape index (κ3) is 2.39. The normalized spacial score (nSPS) is 10.2. The third-order valence-electron chi connectivity index (χ3n) is 2.96. The van der Waals surface area contributed by atoms with E-state index in [2.05, 4.69) is 0 Å². The maximum absolute atomic E-state index is 7.65. The highest BCUT2D eigenvalue weighted by molar-refractivity contribution is 6.07. The molecule has 6 nitrogen and oxygen atoms in total. The van der Waals surface area contributed by atoms with E-state index in [0.717, 1.165) is 0 Å². The van der Waals surface area contributed by atoms with Crippen molar-refractivity contribution in [1.82, 2.24) is 0 Å². The Morgan fingerprint density at radius 3 is 1.35 bits per heavy atom. The lowest BCUT2D eigenvalue weighted by atomic mass is 9.93. The predicted molar refractivity (Wildman–Crippen MR) is 82.7 cm³/mol. The molecule has 0 heterocycles. The van der Waals surface area contributed by atoms with E-state index in [9.17, 15) is 0 Å². The lowest BCUT2D eigenvalue weighted by Gasteiger charge is -2.14. The van der Waals surface area contributed by atoms with E-state index >= 15 is 0 Å². The van der Waals surface area contributed by atoms with Gasteiger partial charge in [-0.1, -0.05) is 12.1 Å². The lowest BCUT2D eigenvalue weighted by molar-refractivity contribution is 1.40. The van der Waals surface area contributed by atoms with Gasteiger partial charge in [-0.05, 0) is 35.4 Å². The van der Waals surface area contributed by atoms with E-state index in [1.807, 2.05) is 0 Å². The third-order valence-corrected chi connectivity index (χ3v) is 2.96. The molecule has 2 aromatic rings. The van der Waals surface area contributed by atoms with Crippen molar-refractivity contribution in [3.05, 3.63) is 47.5 Å². The van der Waals surface area contributed by atoms with Crippen molar-refractivity contribution in [1.29, 1.82) is 10.8 Å². The van der Waals surface area contributed by atoms with Crippen molar-refractivity contribution in [2.75, 3.05) is 11.5 Å². The SMILES string of the molecule is N=C(N)c1cc(N)ccc1-c1ccc(N)cc1C(=N)N. The highest BCUT2D eigenvalue weighted by atomic mass is 14.7. The Labute approximate surface area is 116 Å². The molecule has 0 fully saturated rings. The number of nitrogen functional groups attached to an aromatic ring is 4. The van der Waals surface area contributed by atoms with Gasteiger partial charge < -0.3 is 22.9 Å². The summed E-state index contributed by atoms with van der Waals surface area (Å²) < 4.78 is 0. The Hall–Kier alpha value is -3.02. The van der Waals surface area contributed by atoms with E-state index in [4.69, 9.17) is 33.8 Å². The van der Waals surface area contributed by atoms with Gasteiger partial charge in [-0.3, -0.25) is 10.8 Å². The minimum atomic E-state index is -0.0985. The van der Waals surface area contributed by atoms with Gasteiger partial charge in [0.15, 0.2) is 0 Å². The number of hydrogen-bond acceptors (Lipinski definition) is 4. The smallest absolute Gasteiger partial charge is 0.123 e. The standard InChI is InChI=1S/C14H16N6/c15-7-1-3-9(11(5-7)13(17)18)10-4-2-8(16)6-12(10)14(19)20/h1-6H,15-16H2,(H3,17,18)(H3,19,20). The van der Waals surface area contributed by atoms with Crippen LogP contribution in [0, 0.1) is 10.8 Å². The van der Waals surface area contributed by atoms with Crippen LogP contribution in [-0.4, -0.2) is 11.7 Å². The van der Waals surface area contributed by atoms with Gasteiger partial charge in [0.25, 0.3) is 0 Å². The fraction of sp³-hybridized carbons (Fsp3) is 0. The van der Waals surface area contributed by atoms with Crippen molar-refractivity contribution in [3.63, 3.8) is 0 Å². The molecule has 0 spiro atoms. The highest BCUT2D eigenvalue weighted by Gasteiger charge is 2.13. The molecule has 0 radical (unpaired) electrons. The molecule has 0 saturated carbocycles. The molecule has 0 saturated heterocycles. The first-order valence-corrected chi connectivity index (χ1v) is 5.88. The second kappa shape index (κ2) is 4.93. The summed E-state index contributed by atoms with van der Waals surface area (Å²) in [4.78, 5) is 0. The summed E-state index contributed by atoms with van der Waals surface area (Å²) in [6.07, 6.45) is 0. The van der Waals surface area contributed by atoms with Gasteiger partial charge in [0.2, 0.25) is 0 Å². The molecule has 0 unspecified atom stereocenters. The summed E-state index contributed by atoms with van der Waals surface area (Å²) in [5, 5.41) is 15.3. The molecule has 0 bridgehead atoms. The maximum atomic E-state index is 7.65. The molecule has 0 aromatic heterocycles. The summed E-state index contributed by atoms with van der Waals surface area (Å²) in [5.74, 6) is -0.197. The van der Waals surface area contributed by atoms with Gasteiger partial charge in [0.1, 0.15) is 11.7 Å². The highest BCUT2D eigenvalue weighted by Crippen LogP contribution is 2.29. The van der Waals surface area contributed by atoms with Crippen molar-refractivity contribution < 1.29 is 0 Å². The molecule has 20 heavy (non-hydrogen) atoms. The zero-order valence-electron chi connectivity index (χ0n) is 10.8. The Morgan fingerprint density at radius 2 is 1.05 bits per heavy atom. The van der Waals surface area contributed by atoms with E-state index in [1.54, 1.807) is 36.4 Å². The van der Waals surface area contributed by atoms with Crippen LogP contribution in [0.25, 0.3) is 11.1 Å². The summed E-state index contributed by atoms with van der Waals surface area (Å²) in [5.41, 5.74) is 26.0. The first-order chi connectivity index (χ1) is 9.40. The summed E-state index contributed by atoms with van der Waals surface area (Å²) in [7, 11) is 0. The fourth-order valence-electron chi connectivity index (χ4n) is 2.04. The van der Waals surface area contributed by atoms with Crippen LogP contribution in [0.1, 0.15) is 11.1 Å². The lowest BCUT2D eigenvalue weighted by Crippen LogP contribution is -2.16. The zero-order chi connectivity index (χ0) is 14.9. The molecule has 0 atom stereocenters. The van der Waals surface area contributed by atoms with Gasteiger partial charge in [0.05, 0.1) is 0 Å². The number of amidine groups is 2. The minimum absolute atomic E-state index is 0.0985. The van der Waals surface area contributed by atoms with Gasteiger partial charge in [0, 0.05) is 22.5 Å². The Morgan fingerprint density at radius 1 is 0.700 bits per heavy atom. The summed E-state index contributed by atoms with van der Waals surface area (Å²) in [6.45, 7) is 0. The van der Waals surface area contributed by atoms with Crippen LogP contribution in [0.3, 0.4) is 0 Å². The van der Waals surface area contributed by atoms with Gasteiger partial charge in [-0.25, -0.2) is 0 Å². The van der Waals surface area contributed by atoms with Crippen molar-refractivity contribution in [2.45, 2.75) is 0 Å². The fourth-order valence-corrected chi connectivity index (χ4v) is 2.04. The van der Waals surface area contributed by atoms with Gasteiger partial charge in [-0.2, -0.15) is 0 Å². The number of hydrogen-bond donors (Lipinski definition) is 6. The minimum Gasteiger partial charge on any atom is -0.399 e. The number of nitrogens with two attached hydrogens (primary N) is 4. The van der Waals surface area contributed by atoms with Gasteiger partial charge >= 0.3 is 0 Å². The summed E-state index contributed by atoms with van der Waals surface area (Å²) in [6, 6.07) is 10.2. The monoisotopic (exact) mass is 268 g/mol. The van der Waals surface area contributed by atoms with E-state index in [1.165, 1.54) is 0 Å². The first-order valence-electron chi connectivity index (χ1n) is 5.88. The molecule has 0 aliphatic rings. The van der Waals surface area contributed by atoms with Crippen molar-refractivity contribution >= 4 is 23.0 Å².